The summed E-state index contributed by atoms with van der Waals surface area (Å²) >= 11 is 1.79. The number of hydrogen-bond donors (Lipinski definition) is 2. The SMILES string of the molecule is CN=C(NCC(c1cccs1)N1CCOC(C)C1)NCC1(C(=O)N(C)C)CCCC1.I. The zero-order valence-electron chi connectivity index (χ0n) is 19.2. The van der Waals surface area contributed by atoms with E-state index in [0.29, 0.717) is 6.54 Å². The van der Waals surface area contributed by atoms with Gasteiger partial charge >= 0.3 is 0 Å². The third-order valence-corrected chi connectivity index (χ3v) is 7.26. The first-order valence-corrected chi connectivity index (χ1v) is 11.9. The number of nitrogens with zero attached hydrogens (tertiary/aromatic N) is 3. The third kappa shape index (κ3) is 6.79. The van der Waals surface area contributed by atoms with Gasteiger partial charge in [0.2, 0.25) is 5.91 Å². The summed E-state index contributed by atoms with van der Waals surface area (Å²) < 4.78 is 5.74. The molecular formula is C22H38IN5O2S. The van der Waals surface area contributed by atoms with Gasteiger partial charge in [0.15, 0.2) is 5.96 Å². The van der Waals surface area contributed by atoms with E-state index in [1.165, 1.54) is 4.88 Å². The van der Waals surface area contributed by atoms with Crippen LogP contribution in [-0.2, 0) is 9.53 Å². The Morgan fingerprint density at radius 2 is 2.13 bits per heavy atom. The van der Waals surface area contributed by atoms with Crippen LogP contribution in [0.15, 0.2) is 22.5 Å². The molecule has 31 heavy (non-hydrogen) atoms. The lowest BCUT2D eigenvalue weighted by molar-refractivity contribution is -0.138. The average Bonchev–Trinajstić information content (AvgIpc) is 3.43. The molecule has 0 bridgehead atoms. The molecule has 2 unspecified atom stereocenters. The number of guanidine groups is 1. The molecule has 9 heteroatoms. The molecule has 2 fully saturated rings. The summed E-state index contributed by atoms with van der Waals surface area (Å²) in [7, 11) is 5.50. The van der Waals surface area contributed by atoms with E-state index >= 15 is 0 Å². The van der Waals surface area contributed by atoms with Crippen LogP contribution in [0.25, 0.3) is 0 Å². The topological polar surface area (TPSA) is 69.2 Å². The second-order valence-corrected chi connectivity index (χ2v) is 9.68. The number of aliphatic imine (C=N–C) groups is 1. The van der Waals surface area contributed by atoms with Crippen LogP contribution < -0.4 is 10.6 Å². The molecule has 2 atom stereocenters. The van der Waals surface area contributed by atoms with Gasteiger partial charge in [-0.2, -0.15) is 0 Å². The van der Waals surface area contributed by atoms with E-state index in [2.05, 4.69) is 45.0 Å². The van der Waals surface area contributed by atoms with Gasteiger partial charge in [0.1, 0.15) is 0 Å². The van der Waals surface area contributed by atoms with Gasteiger partial charge in [0, 0.05) is 52.2 Å². The van der Waals surface area contributed by atoms with Crippen molar-refractivity contribution in [2.45, 2.75) is 44.8 Å². The molecule has 176 valence electrons. The molecule has 3 rings (SSSR count). The standard InChI is InChI=1S/C22H37N5O2S.HI/c1-17-15-27(11-12-29-17)18(19-8-7-13-30-19)14-24-21(23-2)25-16-22(9-5-6-10-22)20(28)26(3)4;/h7-8,13,17-18H,5-6,9-12,14-16H2,1-4H3,(H2,23,24,25);1H. The van der Waals surface area contributed by atoms with Crippen molar-refractivity contribution in [1.29, 1.82) is 0 Å². The number of carbonyl (C=O) groups is 1. The van der Waals surface area contributed by atoms with Crippen LogP contribution in [-0.4, -0.2) is 81.7 Å². The first kappa shape index (κ1) is 26.3. The van der Waals surface area contributed by atoms with E-state index in [4.69, 9.17) is 4.74 Å². The summed E-state index contributed by atoms with van der Waals surface area (Å²) in [6, 6.07) is 4.59. The molecule has 2 aliphatic rings. The molecule has 2 heterocycles. The molecule has 0 radical (unpaired) electrons. The fourth-order valence-electron chi connectivity index (χ4n) is 4.68. The zero-order valence-corrected chi connectivity index (χ0v) is 22.4. The predicted octanol–water partition coefficient (Wildman–Crippen LogP) is 2.94. The fourth-order valence-corrected chi connectivity index (χ4v) is 5.54. The van der Waals surface area contributed by atoms with Crippen molar-refractivity contribution < 1.29 is 9.53 Å². The van der Waals surface area contributed by atoms with Crippen LogP contribution in [0.5, 0.6) is 0 Å². The van der Waals surface area contributed by atoms with Crippen LogP contribution in [0, 0.1) is 5.41 Å². The number of carbonyl (C=O) groups excluding carboxylic acids is 1. The maximum Gasteiger partial charge on any atom is 0.230 e. The first-order chi connectivity index (χ1) is 14.4. The van der Waals surface area contributed by atoms with Crippen LogP contribution in [0.1, 0.15) is 43.5 Å². The Bertz CT molecular complexity index is 707. The van der Waals surface area contributed by atoms with E-state index in [-0.39, 0.29) is 47.4 Å². The number of morpholine rings is 1. The highest BCUT2D eigenvalue weighted by atomic mass is 127. The Labute approximate surface area is 208 Å². The Kier molecular flexibility index (Phi) is 10.5. The lowest BCUT2D eigenvalue weighted by atomic mass is 9.84. The number of nitrogens with one attached hydrogen (secondary N) is 2. The van der Waals surface area contributed by atoms with Gasteiger partial charge in [-0.1, -0.05) is 18.9 Å². The summed E-state index contributed by atoms with van der Waals surface area (Å²) in [5.74, 6) is 0.984. The summed E-state index contributed by atoms with van der Waals surface area (Å²) in [5, 5.41) is 9.10. The van der Waals surface area contributed by atoms with Crippen LogP contribution in [0.4, 0.5) is 0 Å². The van der Waals surface area contributed by atoms with E-state index in [1.54, 1.807) is 23.3 Å². The molecule has 7 nitrogen and oxygen atoms in total. The van der Waals surface area contributed by atoms with Gasteiger partial charge < -0.3 is 20.3 Å². The van der Waals surface area contributed by atoms with Gasteiger partial charge in [0.25, 0.3) is 0 Å². The minimum Gasteiger partial charge on any atom is -0.376 e. The van der Waals surface area contributed by atoms with E-state index in [1.807, 2.05) is 14.1 Å². The predicted molar refractivity (Wildman–Crippen MR) is 138 cm³/mol. The largest absolute Gasteiger partial charge is 0.376 e. The molecule has 1 aromatic heterocycles. The number of amides is 1. The Morgan fingerprint density at radius 1 is 1.39 bits per heavy atom. The lowest BCUT2D eigenvalue weighted by Crippen LogP contribution is -2.51. The molecule has 1 aliphatic heterocycles. The van der Waals surface area contributed by atoms with Crippen molar-refractivity contribution in [2.75, 3.05) is 53.9 Å². The van der Waals surface area contributed by atoms with Crippen molar-refractivity contribution in [3.05, 3.63) is 22.4 Å². The Hall–Kier alpha value is -0.910. The number of thiophene rings is 1. The average molecular weight is 564 g/mol. The molecule has 1 aliphatic carbocycles. The second kappa shape index (κ2) is 12.4. The zero-order chi connectivity index (χ0) is 21.6. The fraction of sp³-hybridized carbons (Fsp3) is 0.727. The van der Waals surface area contributed by atoms with Gasteiger partial charge in [-0.25, -0.2) is 0 Å². The van der Waals surface area contributed by atoms with Crippen molar-refractivity contribution in [3.63, 3.8) is 0 Å². The van der Waals surface area contributed by atoms with E-state index in [0.717, 1.165) is 57.9 Å². The van der Waals surface area contributed by atoms with Crippen LogP contribution in [0.3, 0.4) is 0 Å². The summed E-state index contributed by atoms with van der Waals surface area (Å²) in [6.07, 6.45) is 4.36. The molecule has 0 spiro atoms. The van der Waals surface area contributed by atoms with E-state index < -0.39 is 0 Å². The van der Waals surface area contributed by atoms with Crippen molar-refractivity contribution in [2.24, 2.45) is 10.4 Å². The van der Waals surface area contributed by atoms with Gasteiger partial charge in [0.05, 0.1) is 24.2 Å². The van der Waals surface area contributed by atoms with Gasteiger partial charge in [-0.15, -0.1) is 35.3 Å². The lowest BCUT2D eigenvalue weighted by Gasteiger charge is -2.37. The highest BCUT2D eigenvalue weighted by Gasteiger charge is 2.42. The second-order valence-electron chi connectivity index (χ2n) is 8.70. The normalized spacial score (nSPS) is 22.5. The number of rotatable bonds is 7. The molecule has 1 aromatic rings. The molecular weight excluding hydrogens is 525 g/mol. The van der Waals surface area contributed by atoms with Crippen molar-refractivity contribution in [1.82, 2.24) is 20.4 Å². The quantitative estimate of drug-likeness (QED) is 0.304. The maximum absolute atomic E-state index is 12.8. The molecule has 1 saturated heterocycles. The first-order valence-electron chi connectivity index (χ1n) is 11.0. The minimum absolute atomic E-state index is 0. The van der Waals surface area contributed by atoms with Crippen molar-refractivity contribution >= 4 is 47.2 Å². The molecule has 1 saturated carbocycles. The van der Waals surface area contributed by atoms with Gasteiger partial charge in [-0.3, -0.25) is 14.7 Å². The maximum atomic E-state index is 12.8. The van der Waals surface area contributed by atoms with Crippen LogP contribution >= 0.6 is 35.3 Å². The van der Waals surface area contributed by atoms with Crippen molar-refractivity contribution in [3.8, 4) is 0 Å². The summed E-state index contributed by atoms with van der Waals surface area (Å²) in [5.41, 5.74) is -0.312. The molecule has 2 N–H and O–H groups in total. The number of hydrogen-bond acceptors (Lipinski definition) is 5. The minimum atomic E-state index is -0.312. The molecule has 0 aromatic carbocycles. The Balaban J connectivity index is 0.00000341. The summed E-state index contributed by atoms with van der Waals surface area (Å²) in [6.45, 7) is 6.15. The Morgan fingerprint density at radius 3 is 2.71 bits per heavy atom. The van der Waals surface area contributed by atoms with E-state index in [9.17, 15) is 4.79 Å². The molecule has 1 amide bonds. The highest BCUT2D eigenvalue weighted by Crippen LogP contribution is 2.39. The smallest absolute Gasteiger partial charge is 0.230 e. The highest BCUT2D eigenvalue weighted by molar-refractivity contribution is 14.0. The van der Waals surface area contributed by atoms with Gasteiger partial charge in [-0.05, 0) is 31.2 Å². The number of halogens is 1. The monoisotopic (exact) mass is 563 g/mol. The number of ether oxygens (including phenoxy) is 1. The van der Waals surface area contributed by atoms with Crippen LogP contribution in [0.2, 0.25) is 0 Å². The third-order valence-electron chi connectivity index (χ3n) is 6.29. The summed E-state index contributed by atoms with van der Waals surface area (Å²) in [4.78, 5) is 22.8.